The van der Waals surface area contributed by atoms with Crippen LogP contribution in [0.5, 0.6) is 0 Å². The number of amides is 2. The molecule has 156 valence electrons. The molecule has 0 radical (unpaired) electrons. The summed E-state index contributed by atoms with van der Waals surface area (Å²) in [4.78, 5) is 42.8. The van der Waals surface area contributed by atoms with Crippen LogP contribution in [0, 0.1) is 5.92 Å². The molecule has 0 unspecified atom stereocenters. The van der Waals surface area contributed by atoms with Gasteiger partial charge in [0.25, 0.3) is 5.78 Å². The summed E-state index contributed by atoms with van der Waals surface area (Å²) >= 11 is 0. The van der Waals surface area contributed by atoms with Crippen LogP contribution in [0.15, 0.2) is 18.2 Å². The highest BCUT2D eigenvalue weighted by molar-refractivity contribution is 6.52. The molecule has 29 heavy (non-hydrogen) atoms. The van der Waals surface area contributed by atoms with Gasteiger partial charge in [-0.05, 0) is 37.0 Å². The summed E-state index contributed by atoms with van der Waals surface area (Å²) in [6, 6.07) is 5.77. The van der Waals surface area contributed by atoms with Crippen molar-refractivity contribution >= 4 is 23.3 Å². The molecule has 1 aromatic rings. The van der Waals surface area contributed by atoms with Crippen LogP contribution in [0.2, 0.25) is 0 Å². The number of rotatable bonds is 4. The SMILES string of the molecule is CCc1ccc2c(c1)C(=O)C(=O)N2C[NH+]1CCC(C(=O)N2CCCCCC2)CC1. The van der Waals surface area contributed by atoms with E-state index in [2.05, 4.69) is 4.90 Å². The summed E-state index contributed by atoms with van der Waals surface area (Å²) in [7, 11) is 0. The van der Waals surface area contributed by atoms with Crippen molar-refractivity contribution in [3.63, 3.8) is 0 Å². The second-order valence-electron chi connectivity index (χ2n) is 8.69. The van der Waals surface area contributed by atoms with Gasteiger partial charge in [-0.3, -0.25) is 19.3 Å². The quantitative estimate of drug-likeness (QED) is 0.781. The number of quaternary nitrogens is 1. The zero-order valence-corrected chi connectivity index (χ0v) is 17.4. The minimum atomic E-state index is -0.413. The second-order valence-corrected chi connectivity index (χ2v) is 8.69. The predicted molar refractivity (Wildman–Crippen MR) is 111 cm³/mol. The normalized spacial score (nSPS) is 25.1. The molecule has 6 nitrogen and oxygen atoms in total. The summed E-state index contributed by atoms with van der Waals surface area (Å²) < 4.78 is 0. The molecule has 2 amide bonds. The van der Waals surface area contributed by atoms with E-state index in [1.165, 1.54) is 17.7 Å². The van der Waals surface area contributed by atoms with Gasteiger partial charge in [-0.25, -0.2) is 0 Å². The van der Waals surface area contributed by atoms with E-state index in [1.54, 1.807) is 4.90 Å². The molecule has 3 aliphatic rings. The highest BCUT2D eigenvalue weighted by atomic mass is 16.2. The fourth-order valence-electron chi connectivity index (χ4n) is 4.93. The molecule has 0 aromatic heterocycles. The number of benzene rings is 1. The van der Waals surface area contributed by atoms with Crippen LogP contribution in [0.25, 0.3) is 0 Å². The van der Waals surface area contributed by atoms with E-state index in [1.807, 2.05) is 25.1 Å². The number of carbonyl (C=O) groups is 3. The molecule has 0 atom stereocenters. The molecule has 6 heteroatoms. The monoisotopic (exact) mass is 398 g/mol. The highest BCUT2D eigenvalue weighted by Gasteiger charge is 2.39. The molecule has 1 aromatic carbocycles. The zero-order valence-electron chi connectivity index (χ0n) is 17.4. The minimum Gasteiger partial charge on any atom is -0.342 e. The van der Waals surface area contributed by atoms with Gasteiger partial charge in [0, 0.05) is 31.8 Å². The summed E-state index contributed by atoms with van der Waals surface area (Å²) in [5.41, 5.74) is 2.36. The number of likely N-dealkylation sites (tertiary alicyclic amines) is 2. The van der Waals surface area contributed by atoms with E-state index in [-0.39, 0.29) is 11.7 Å². The molecule has 4 rings (SSSR count). The van der Waals surface area contributed by atoms with Crippen molar-refractivity contribution in [2.75, 3.05) is 37.7 Å². The van der Waals surface area contributed by atoms with E-state index in [0.717, 1.165) is 69.5 Å². The first kappa shape index (κ1) is 20.1. The molecule has 1 N–H and O–H groups in total. The lowest BCUT2D eigenvalue weighted by Crippen LogP contribution is -3.14. The average molecular weight is 399 g/mol. The maximum absolute atomic E-state index is 12.9. The molecule has 0 spiro atoms. The molecule has 3 heterocycles. The third-order valence-corrected chi connectivity index (χ3v) is 6.79. The predicted octanol–water partition coefficient (Wildman–Crippen LogP) is 1.43. The Morgan fingerprint density at radius 3 is 2.41 bits per heavy atom. The van der Waals surface area contributed by atoms with Crippen LogP contribution >= 0.6 is 0 Å². The van der Waals surface area contributed by atoms with Gasteiger partial charge in [0.15, 0.2) is 6.67 Å². The Balaban J connectivity index is 1.36. The molecule has 0 saturated carbocycles. The van der Waals surface area contributed by atoms with Crippen LogP contribution in [-0.2, 0) is 16.0 Å². The first-order chi connectivity index (χ1) is 14.1. The lowest BCUT2D eigenvalue weighted by Gasteiger charge is -2.33. The maximum atomic E-state index is 12.9. The zero-order chi connectivity index (χ0) is 20.4. The van der Waals surface area contributed by atoms with Gasteiger partial charge in [-0.1, -0.05) is 25.8 Å². The van der Waals surface area contributed by atoms with Crippen LogP contribution in [0.4, 0.5) is 5.69 Å². The Morgan fingerprint density at radius 2 is 1.76 bits per heavy atom. The number of aryl methyl sites for hydroxylation is 1. The summed E-state index contributed by atoms with van der Waals surface area (Å²) in [5, 5.41) is 0. The molecular weight excluding hydrogens is 366 g/mol. The second kappa shape index (κ2) is 8.66. The van der Waals surface area contributed by atoms with Crippen LogP contribution in [0.1, 0.15) is 61.4 Å². The largest absolute Gasteiger partial charge is 0.342 e. The first-order valence-corrected chi connectivity index (χ1v) is 11.2. The fraction of sp³-hybridized carbons (Fsp3) is 0.609. The Morgan fingerprint density at radius 1 is 1.07 bits per heavy atom. The first-order valence-electron chi connectivity index (χ1n) is 11.2. The number of nitrogens with one attached hydrogen (secondary N) is 1. The number of hydrogen-bond donors (Lipinski definition) is 1. The topological polar surface area (TPSA) is 62.1 Å². The van der Waals surface area contributed by atoms with Gasteiger partial charge in [-0.2, -0.15) is 0 Å². The van der Waals surface area contributed by atoms with E-state index in [9.17, 15) is 14.4 Å². The van der Waals surface area contributed by atoms with E-state index in [0.29, 0.717) is 18.1 Å². The minimum absolute atomic E-state index is 0.118. The third-order valence-electron chi connectivity index (χ3n) is 6.79. The Hall–Kier alpha value is -2.21. The van der Waals surface area contributed by atoms with Gasteiger partial charge >= 0.3 is 5.91 Å². The van der Waals surface area contributed by atoms with Crippen molar-refractivity contribution in [1.82, 2.24) is 4.90 Å². The van der Waals surface area contributed by atoms with Gasteiger partial charge in [0.1, 0.15) is 0 Å². The van der Waals surface area contributed by atoms with Crippen molar-refractivity contribution in [3.05, 3.63) is 29.3 Å². The van der Waals surface area contributed by atoms with Gasteiger partial charge in [0.2, 0.25) is 5.91 Å². The van der Waals surface area contributed by atoms with Crippen LogP contribution < -0.4 is 9.80 Å². The maximum Gasteiger partial charge on any atom is 0.303 e. The molecule has 0 aliphatic carbocycles. The van der Waals surface area contributed by atoms with Gasteiger partial charge in [-0.15, -0.1) is 0 Å². The number of piperidine rings is 1. The number of ketones is 1. The number of hydrogen-bond acceptors (Lipinski definition) is 3. The Kier molecular flexibility index (Phi) is 5.99. The fourth-order valence-corrected chi connectivity index (χ4v) is 4.93. The summed E-state index contributed by atoms with van der Waals surface area (Å²) in [5.74, 6) is -0.354. The van der Waals surface area contributed by atoms with E-state index >= 15 is 0 Å². The average Bonchev–Trinajstić information content (AvgIpc) is 2.95. The van der Waals surface area contributed by atoms with E-state index in [4.69, 9.17) is 0 Å². The highest BCUT2D eigenvalue weighted by Crippen LogP contribution is 2.29. The Labute approximate surface area is 172 Å². The third kappa shape index (κ3) is 4.08. The van der Waals surface area contributed by atoms with Gasteiger partial charge in [0.05, 0.1) is 24.3 Å². The van der Waals surface area contributed by atoms with Crippen molar-refractivity contribution in [1.29, 1.82) is 0 Å². The van der Waals surface area contributed by atoms with Gasteiger partial charge < -0.3 is 9.80 Å². The number of fused-ring (bicyclic) bond motifs is 1. The number of carbonyl (C=O) groups excluding carboxylic acids is 3. The van der Waals surface area contributed by atoms with Crippen LogP contribution in [-0.4, -0.2) is 55.3 Å². The summed E-state index contributed by atoms with van der Waals surface area (Å²) in [6.45, 7) is 6.10. The molecule has 2 fully saturated rings. The lowest BCUT2D eigenvalue weighted by atomic mass is 9.95. The van der Waals surface area contributed by atoms with Crippen molar-refractivity contribution in [3.8, 4) is 0 Å². The molecule has 2 saturated heterocycles. The standard InChI is InChI=1S/C23H31N3O3/c1-2-17-7-8-20-19(15-17)21(27)23(29)26(20)16-24-13-9-18(10-14-24)22(28)25-11-5-3-4-6-12-25/h7-8,15,18H,2-6,9-14,16H2,1H3/p+1. The molecule has 3 aliphatic heterocycles. The summed E-state index contributed by atoms with van der Waals surface area (Å²) in [6.07, 6.45) is 7.29. The Bertz CT molecular complexity index is 791. The van der Waals surface area contributed by atoms with Crippen molar-refractivity contribution in [2.24, 2.45) is 5.92 Å². The van der Waals surface area contributed by atoms with Crippen molar-refractivity contribution in [2.45, 2.75) is 51.9 Å². The van der Waals surface area contributed by atoms with Crippen LogP contribution in [0.3, 0.4) is 0 Å². The number of Topliss-reactive ketones (excluding diaryl/α,β-unsaturated/α-hetero) is 1. The number of nitrogens with zero attached hydrogens (tertiary/aromatic N) is 2. The lowest BCUT2D eigenvalue weighted by molar-refractivity contribution is -0.904. The van der Waals surface area contributed by atoms with E-state index < -0.39 is 5.91 Å². The molecular formula is C23H32N3O3+. The van der Waals surface area contributed by atoms with Crippen molar-refractivity contribution < 1.29 is 19.3 Å². The smallest absolute Gasteiger partial charge is 0.303 e. The molecule has 0 bridgehead atoms. The number of anilines is 1.